The van der Waals surface area contributed by atoms with E-state index in [1.165, 1.54) is 0 Å². The summed E-state index contributed by atoms with van der Waals surface area (Å²) in [6.45, 7) is 2.80. The molecular formula is C19H22O4. The van der Waals surface area contributed by atoms with Crippen molar-refractivity contribution in [2.45, 2.75) is 19.3 Å². The Morgan fingerprint density at radius 3 is 1.87 bits per heavy atom. The highest BCUT2D eigenvalue weighted by molar-refractivity contribution is 5.30. The van der Waals surface area contributed by atoms with Crippen LogP contribution in [-0.2, 0) is 9.47 Å². The molecule has 3 atom stereocenters. The zero-order valence-electron chi connectivity index (χ0n) is 13.7. The summed E-state index contributed by atoms with van der Waals surface area (Å²) < 4.78 is 22.5. The molecule has 0 amide bonds. The Kier molecular flexibility index (Phi) is 4.84. The first-order valence-electron chi connectivity index (χ1n) is 7.76. The standard InChI is InChI=1S/C19H22O4/c1-13-12-22-19(15-6-10-17(21-3)11-7-15)23-18(13)14-4-8-16(20-2)9-5-14/h4-11,13,18-19H,12H2,1-3H3/t13-,18-,19-/m0/s1. The third kappa shape index (κ3) is 3.49. The van der Waals surface area contributed by atoms with E-state index in [2.05, 4.69) is 19.1 Å². The monoisotopic (exact) mass is 314 g/mol. The minimum Gasteiger partial charge on any atom is -0.497 e. The Morgan fingerprint density at radius 2 is 1.35 bits per heavy atom. The van der Waals surface area contributed by atoms with Gasteiger partial charge < -0.3 is 18.9 Å². The van der Waals surface area contributed by atoms with Crippen LogP contribution in [-0.4, -0.2) is 20.8 Å². The van der Waals surface area contributed by atoms with Crippen molar-refractivity contribution in [3.63, 3.8) is 0 Å². The van der Waals surface area contributed by atoms with Gasteiger partial charge in [0.25, 0.3) is 0 Å². The molecule has 1 aliphatic heterocycles. The summed E-state index contributed by atoms with van der Waals surface area (Å²) in [7, 11) is 3.33. The Hall–Kier alpha value is -2.04. The van der Waals surface area contributed by atoms with Gasteiger partial charge in [-0.15, -0.1) is 0 Å². The maximum atomic E-state index is 6.21. The number of rotatable bonds is 4. The molecule has 0 saturated carbocycles. The molecule has 0 aromatic heterocycles. The van der Waals surface area contributed by atoms with E-state index in [9.17, 15) is 0 Å². The lowest BCUT2D eigenvalue weighted by molar-refractivity contribution is -0.241. The zero-order valence-corrected chi connectivity index (χ0v) is 13.7. The van der Waals surface area contributed by atoms with Crippen LogP contribution in [0.2, 0.25) is 0 Å². The molecule has 2 aromatic carbocycles. The van der Waals surface area contributed by atoms with Gasteiger partial charge in [-0.05, 0) is 29.8 Å². The summed E-state index contributed by atoms with van der Waals surface area (Å²) in [5.74, 6) is 1.96. The van der Waals surface area contributed by atoms with Crippen LogP contribution in [0.25, 0.3) is 0 Å². The number of hydrogen-bond acceptors (Lipinski definition) is 4. The number of ether oxygens (including phenoxy) is 4. The summed E-state index contributed by atoms with van der Waals surface area (Å²) in [4.78, 5) is 0. The second-order valence-electron chi connectivity index (χ2n) is 5.75. The van der Waals surface area contributed by atoms with Crippen LogP contribution in [0.3, 0.4) is 0 Å². The predicted octanol–water partition coefficient (Wildman–Crippen LogP) is 4.13. The molecule has 0 radical (unpaired) electrons. The molecule has 0 spiro atoms. The van der Waals surface area contributed by atoms with E-state index in [1.807, 2.05) is 36.4 Å². The maximum Gasteiger partial charge on any atom is 0.184 e. The van der Waals surface area contributed by atoms with Gasteiger partial charge in [0.2, 0.25) is 0 Å². The minimum absolute atomic E-state index is 0.00163. The molecule has 1 aliphatic rings. The fourth-order valence-corrected chi connectivity index (χ4v) is 2.77. The second kappa shape index (κ2) is 7.02. The van der Waals surface area contributed by atoms with Crippen molar-refractivity contribution < 1.29 is 18.9 Å². The van der Waals surface area contributed by atoms with E-state index in [-0.39, 0.29) is 18.3 Å². The van der Waals surface area contributed by atoms with Crippen LogP contribution < -0.4 is 9.47 Å². The Labute approximate surface area is 136 Å². The van der Waals surface area contributed by atoms with Gasteiger partial charge in [-0.1, -0.05) is 31.2 Å². The minimum atomic E-state index is -0.357. The lowest BCUT2D eigenvalue weighted by Crippen LogP contribution is -2.28. The molecule has 4 nitrogen and oxygen atoms in total. The molecule has 1 fully saturated rings. The van der Waals surface area contributed by atoms with Crippen molar-refractivity contribution in [1.82, 2.24) is 0 Å². The molecule has 0 aliphatic carbocycles. The average Bonchev–Trinajstić information content (AvgIpc) is 2.62. The fraction of sp³-hybridized carbons (Fsp3) is 0.368. The lowest BCUT2D eigenvalue weighted by Gasteiger charge is -2.35. The van der Waals surface area contributed by atoms with Gasteiger partial charge >= 0.3 is 0 Å². The average molecular weight is 314 g/mol. The van der Waals surface area contributed by atoms with E-state index in [4.69, 9.17) is 18.9 Å². The summed E-state index contributed by atoms with van der Waals surface area (Å²) in [6, 6.07) is 15.8. The molecular weight excluding hydrogens is 292 g/mol. The van der Waals surface area contributed by atoms with Gasteiger partial charge in [-0.3, -0.25) is 0 Å². The van der Waals surface area contributed by atoms with Crippen LogP contribution in [0.15, 0.2) is 48.5 Å². The first-order valence-corrected chi connectivity index (χ1v) is 7.76. The molecule has 23 heavy (non-hydrogen) atoms. The Morgan fingerprint density at radius 1 is 0.826 bits per heavy atom. The molecule has 3 rings (SSSR count). The van der Waals surface area contributed by atoms with Crippen LogP contribution in [0.4, 0.5) is 0 Å². The highest BCUT2D eigenvalue weighted by atomic mass is 16.7. The predicted molar refractivity (Wildman–Crippen MR) is 87.7 cm³/mol. The van der Waals surface area contributed by atoms with Gasteiger partial charge in [0.1, 0.15) is 11.5 Å². The smallest absolute Gasteiger partial charge is 0.184 e. The van der Waals surface area contributed by atoms with Gasteiger partial charge in [0.05, 0.1) is 26.9 Å². The molecule has 0 unspecified atom stereocenters. The summed E-state index contributed by atoms with van der Waals surface area (Å²) in [5.41, 5.74) is 2.14. The lowest BCUT2D eigenvalue weighted by atomic mass is 9.96. The van der Waals surface area contributed by atoms with Crippen LogP contribution >= 0.6 is 0 Å². The molecule has 4 heteroatoms. The van der Waals surface area contributed by atoms with E-state index >= 15 is 0 Å². The van der Waals surface area contributed by atoms with Crippen molar-refractivity contribution in [1.29, 1.82) is 0 Å². The van der Waals surface area contributed by atoms with Crippen molar-refractivity contribution in [2.75, 3.05) is 20.8 Å². The maximum absolute atomic E-state index is 6.21. The number of benzene rings is 2. The third-order valence-electron chi connectivity index (χ3n) is 4.13. The topological polar surface area (TPSA) is 36.9 Å². The van der Waals surface area contributed by atoms with Crippen LogP contribution in [0.5, 0.6) is 11.5 Å². The summed E-state index contributed by atoms with van der Waals surface area (Å²) in [5, 5.41) is 0. The molecule has 2 aromatic rings. The molecule has 1 saturated heterocycles. The van der Waals surface area contributed by atoms with E-state index < -0.39 is 0 Å². The first-order chi connectivity index (χ1) is 11.2. The summed E-state index contributed by atoms with van der Waals surface area (Å²) in [6.07, 6.45) is -0.356. The summed E-state index contributed by atoms with van der Waals surface area (Å²) >= 11 is 0. The van der Waals surface area contributed by atoms with Crippen molar-refractivity contribution >= 4 is 0 Å². The van der Waals surface area contributed by atoms with Crippen molar-refractivity contribution in [3.05, 3.63) is 59.7 Å². The SMILES string of the molecule is COc1ccc([C@H]2OC[C@H](C)[C@@H](c3ccc(OC)cc3)O2)cc1. The highest BCUT2D eigenvalue weighted by Gasteiger charge is 2.31. The van der Waals surface area contributed by atoms with Crippen LogP contribution in [0, 0.1) is 5.92 Å². The molecule has 1 heterocycles. The zero-order chi connectivity index (χ0) is 16.2. The van der Waals surface area contributed by atoms with E-state index in [0.29, 0.717) is 6.61 Å². The molecule has 122 valence electrons. The number of methoxy groups -OCH3 is 2. The molecule has 0 N–H and O–H groups in total. The molecule has 0 bridgehead atoms. The highest BCUT2D eigenvalue weighted by Crippen LogP contribution is 2.38. The van der Waals surface area contributed by atoms with Gasteiger partial charge in [-0.2, -0.15) is 0 Å². The fourth-order valence-electron chi connectivity index (χ4n) is 2.77. The van der Waals surface area contributed by atoms with Crippen LogP contribution in [0.1, 0.15) is 30.4 Å². The third-order valence-corrected chi connectivity index (χ3v) is 4.13. The first kappa shape index (κ1) is 15.8. The van der Waals surface area contributed by atoms with Crippen molar-refractivity contribution in [3.8, 4) is 11.5 Å². The van der Waals surface area contributed by atoms with Gasteiger partial charge in [-0.25, -0.2) is 0 Å². The van der Waals surface area contributed by atoms with Gasteiger partial charge in [0.15, 0.2) is 6.29 Å². The second-order valence-corrected chi connectivity index (χ2v) is 5.75. The van der Waals surface area contributed by atoms with E-state index in [0.717, 1.165) is 22.6 Å². The number of hydrogen-bond donors (Lipinski definition) is 0. The Balaban J connectivity index is 1.77. The normalized spacial score (nSPS) is 24.2. The van der Waals surface area contributed by atoms with Crippen molar-refractivity contribution in [2.24, 2.45) is 5.92 Å². The quantitative estimate of drug-likeness (QED) is 0.850. The largest absolute Gasteiger partial charge is 0.497 e. The van der Waals surface area contributed by atoms with E-state index in [1.54, 1.807) is 14.2 Å². The van der Waals surface area contributed by atoms with Gasteiger partial charge in [0, 0.05) is 11.5 Å². The Bertz CT molecular complexity index is 621.